The van der Waals surface area contributed by atoms with E-state index < -0.39 is 0 Å². The predicted octanol–water partition coefficient (Wildman–Crippen LogP) is 0.478. The first kappa shape index (κ1) is 16.4. The van der Waals surface area contributed by atoms with Crippen molar-refractivity contribution in [1.29, 1.82) is 0 Å². The Morgan fingerprint density at radius 1 is 1.47 bits per heavy atom. The van der Waals surface area contributed by atoms with Gasteiger partial charge in [0.2, 0.25) is 0 Å². The molecule has 0 amide bonds. The van der Waals surface area contributed by atoms with E-state index in [-0.39, 0.29) is 12.6 Å². The summed E-state index contributed by atoms with van der Waals surface area (Å²) in [7, 11) is 1.43. The minimum atomic E-state index is -0.147. The molecule has 1 heterocycles. The van der Waals surface area contributed by atoms with Crippen LogP contribution in [-0.4, -0.2) is 61.9 Å². The van der Waals surface area contributed by atoms with Gasteiger partial charge in [0.05, 0.1) is 20.1 Å². The lowest BCUT2D eigenvalue weighted by molar-refractivity contribution is -0.141. The van der Waals surface area contributed by atoms with Gasteiger partial charge < -0.3 is 20.1 Å². The van der Waals surface area contributed by atoms with Crippen LogP contribution >= 0.6 is 0 Å². The van der Waals surface area contributed by atoms with E-state index in [1.165, 1.54) is 7.11 Å². The van der Waals surface area contributed by atoms with Gasteiger partial charge in [-0.15, -0.1) is 0 Å². The van der Waals surface area contributed by atoms with E-state index in [0.717, 1.165) is 26.1 Å². The minimum absolute atomic E-state index is 0.147. The SMILES string of the molecule is COC(=O)CCN1CC(NCCO)CC(C(C)C)C1. The number of ether oxygens (including phenoxy) is 1. The number of carbonyl (C=O) groups is 1. The van der Waals surface area contributed by atoms with Crippen molar-refractivity contribution in [3.05, 3.63) is 0 Å². The number of piperidine rings is 1. The quantitative estimate of drug-likeness (QED) is 0.660. The summed E-state index contributed by atoms with van der Waals surface area (Å²) in [6.45, 7) is 8.06. The highest BCUT2D eigenvalue weighted by Crippen LogP contribution is 2.24. The van der Waals surface area contributed by atoms with Crippen LogP contribution in [0.2, 0.25) is 0 Å². The molecule has 2 N–H and O–H groups in total. The van der Waals surface area contributed by atoms with Crippen molar-refractivity contribution in [3.8, 4) is 0 Å². The van der Waals surface area contributed by atoms with E-state index in [1.807, 2.05) is 0 Å². The zero-order valence-corrected chi connectivity index (χ0v) is 12.4. The summed E-state index contributed by atoms with van der Waals surface area (Å²) < 4.78 is 4.69. The fourth-order valence-electron chi connectivity index (χ4n) is 2.67. The number of likely N-dealkylation sites (tertiary alicyclic amines) is 1. The molecule has 0 aromatic heterocycles. The lowest BCUT2D eigenvalue weighted by Crippen LogP contribution is -2.51. The first-order valence-corrected chi connectivity index (χ1v) is 7.20. The Kier molecular flexibility index (Phi) is 7.34. The smallest absolute Gasteiger partial charge is 0.306 e. The Balaban J connectivity index is 2.47. The third-order valence-corrected chi connectivity index (χ3v) is 3.91. The number of esters is 1. The van der Waals surface area contributed by atoms with Crippen molar-refractivity contribution >= 4 is 5.97 Å². The number of aliphatic hydroxyl groups excluding tert-OH is 1. The van der Waals surface area contributed by atoms with Crippen LogP contribution < -0.4 is 5.32 Å². The van der Waals surface area contributed by atoms with E-state index in [1.54, 1.807) is 0 Å². The molecular weight excluding hydrogens is 244 g/mol. The minimum Gasteiger partial charge on any atom is -0.469 e. The summed E-state index contributed by atoms with van der Waals surface area (Å²) >= 11 is 0. The van der Waals surface area contributed by atoms with Gasteiger partial charge in [0.1, 0.15) is 0 Å². The van der Waals surface area contributed by atoms with Crippen LogP contribution in [0.25, 0.3) is 0 Å². The molecule has 0 radical (unpaired) electrons. The van der Waals surface area contributed by atoms with Gasteiger partial charge in [0.25, 0.3) is 0 Å². The van der Waals surface area contributed by atoms with Gasteiger partial charge in [-0.2, -0.15) is 0 Å². The van der Waals surface area contributed by atoms with Crippen LogP contribution in [-0.2, 0) is 9.53 Å². The Bertz CT molecular complexity index is 271. The topological polar surface area (TPSA) is 61.8 Å². The number of nitrogens with zero attached hydrogens (tertiary/aromatic N) is 1. The number of methoxy groups -OCH3 is 1. The van der Waals surface area contributed by atoms with Crippen molar-refractivity contribution in [3.63, 3.8) is 0 Å². The van der Waals surface area contributed by atoms with Gasteiger partial charge in [-0.1, -0.05) is 13.8 Å². The zero-order valence-electron chi connectivity index (χ0n) is 12.4. The molecule has 5 nitrogen and oxygen atoms in total. The van der Waals surface area contributed by atoms with Crippen LogP contribution in [0.15, 0.2) is 0 Å². The highest BCUT2D eigenvalue weighted by Gasteiger charge is 2.28. The third-order valence-electron chi connectivity index (χ3n) is 3.91. The van der Waals surface area contributed by atoms with E-state index >= 15 is 0 Å². The van der Waals surface area contributed by atoms with Gasteiger partial charge in [-0.3, -0.25) is 4.79 Å². The van der Waals surface area contributed by atoms with Gasteiger partial charge in [0, 0.05) is 32.2 Å². The summed E-state index contributed by atoms with van der Waals surface area (Å²) in [6, 6.07) is 0.408. The van der Waals surface area contributed by atoms with Gasteiger partial charge in [-0.25, -0.2) is 0 Å². The number of nitrogens with one attached hydrogen (secondary N) is 1. The number of hydrogen-bond acceptors (Lipinski definition) is 5. The maximum atomic E-state index is 11.2. The van der Waals surface area contributed by atoms with Crippen LogP contribution in [0, 0.1) is 11.8 Å². The van der Waals surface area contributed by atoms with Gasteiger partial charge in [0.15, 0.2) is 0 Å². The molecule has 5 heteroatoms. The molecule has 1 fully saturated rings. The molecule has 112 valence electrons. The zero-order chi connectivity index (χ0) is 14.3. The largest absolute Gasteiger partial charge is 0.469 e. The highest BCUT2D eigenvalue weighted by molar-refractivity contribution is 5.69. The maximum absolute atomic E-state index is 11.2. The van der Waals surface area contributed by atoms with Crippen LogP contribution in [0.4, 0.5) is 0 Å². The van der Waals surface area contributed by atoms with Crippen LogP contribution in [0.5, 0.6) is 0 Å². The van der Waals surface area contributed by atoms with E-state index in [4.69, 9.17) is 9.84 Å². The number of carbonyl (C=O) groups excluding carboxylic acids is 1. The highest BCUT2D eigenvalue weighted by atomic mass is 16.5. The molecule has 1 aliphatic heterocycles. The number of rotatable bonds is 7. The molecule has 1 saturated heterocycles. The molecule has 0 aliphatic carbocycles. The molecule has 0 aromatic rings. The van der Waals surface area contributed by atoms with E-state index in [9.17, 15) is 4.79 Å². The summed E-state index contributed by atoms with van der Waals surface area (Å²) in [6.07, 6.45) is 1.60. The van der Waals surface area contributed by atoms with Gasteiger partial charge in [-0.05, 0) is 18.3 Å². The maximum Gasteiger partial charge on any atom is 0.306 e. The predicted molar refractivity (Wildman–Crippen MR) is 74.9 cm³/mol. The molecule has 1 rings (SSSR count). The van der Waals surface area contributed by atoms with Crippen molar-refractivity contribution in [2.75, 3.05) is 39.9 Å². The van der Waals surface area contributed by atoms with Crippen molar-refractivity contribution in [1.82, 2.24) is 10.2 Å². The molecule has 2 atom stereocenters. The second-order valence-corrected chi connectivity index (χ2v) is 5.70. The third kappa shape index (κ3) is 5.89. The Labute approximate surface area is 116 Å². The lowest BCUT2D eigenvalue weighted by Gasteiger charge is -2.39. The standard InChI is InChI=1S/C14H28N2O3/c1-11(2)12-8-13(15-5-7-17)10-16(9-12)6-4-14(18)19-3/h11-13,15,17H,4-10H2,1-3H3. The fourth-order valence-corrected chi connectivity index (χ4v) is 2.67. The molecule has 1 aliphatic rings. The van der Waals surface area contributed by atoms with Crippen LogP contribution in [0.3, 0.4) is 0 Å². The first-order valence-electron chi connectivity index (χ1n) is 7.20. The average Bonchev–Trinajstić information content (AvgIpc) is 2.42. The van der Waals surface area contributed by atoms with Crippen molar-refractivity contribution in [2.24, 2.45) is 11.8 Å². The lowest BCUT2D eigenvalue weighted by atomic mass is 9.85. The summed E-state index contributed by atoms with van der Waals surface area (Å²) in [5.41, 5.74) is 0. The van der Waals surface area contributed by atoms with Gasteiger partial charge >= 0.3 is 5.97 Å². The van der Waals surface area contributed by atoms with Crippen LogP contribution in [0.1, 0.15) is 26.7 Å². The fraction of sp³-hybridized carbons (Fsp3) is 0.929. The summed E-state index contributed by atoms with van der Waals surface area (Å²) in [5.74, 6) is 1.13. The average molecular weight is 272 g/mol. The molecule has 0 aromatic carbocycles. The summed E-state index contributed by atoms with van der Waals surface area (Å²) in [4.78, 5) is 13.6. The van der Waals surface area contributed by atoms with E-state index in [2.05, 4.69) is 24.1 Å². The van der Waals surface area contributed by atoms with Crippen molar-refractivity contribution < 1.29 is 14.6 Å². The normalized spacial score (nSPS) is 24.7. The molecule has 0 bridgehead atoms. The molecule has 0 spiro atoms. The Morgan fingerprint density at radius 2 is 2.21 bits per heavy atom. The second-order valence-electron chi connectivity index (χ2n) is 5.70. The molecular formula is C14H28N2O3. The second kappa shape index (κ2) is 8.51. The van der Waals surface area contributed by atoms with Crippen molar-refractivity contribution in [2.45, 2.75) is 32.7 Å². The molecule has 0 saturated carbocycles. The first-order chi connectivity index (χ1) is 9.06. The Morgan fingerprint density at radius 3 is 2.79 bits per heavy atom. The number of hydrogen-bond donors (Lipinski definition) is 2. The van der Waals surface area contributed by atoms with E-state index in [0.29, 0.717) is 30.8 Å². The molecule has 2 unspecified atom stereocenters. The Hall–Kier alpha value is -0.650. The monoisotopic (exact) mass is 272 g/mol. The summed E-state index contributed by atoms with van der Waals surface area (Å²) in [5, 5.41) is 12.3. The molecule has 19 heavy (non-hydrogen) atoms. The number of aliphatic hydroxyl groups is 1.